The Morgan fingerprint density at radius 3 is 2.88 bits per heavy atom. The lowest BCUT2D eigenvalue weighted by molar-refractivity contribution is -0.132. The van der Waals surface area contributed by atoms with Crippen LogP contribution in [0.1, 0.15) is 5.56 Å². The number of pyridine rings is 1. The van der Waals surface area contributed by atoms with Crippen LogP contribution in [0, 0.1) is 11.3 Å². The Kier molecular flexibility index (Phi) is 5.60. The summed E-state index contributed by atoms with van der Waals surface area (Å²) in [4.78, 5) is 14.8. The summed E-state index contributed by atoms with van der Waals surface area (Å²) in [7, 11) is 0. The molecule has 0 bridgehead atoms. The SMILES string of the molecule is CS/C(SCc1cccnc1)=C(\C#N)C(=O)O. The maximum atomic E-state index is 10.8. The summed E-state index contributed by atoms with van der Waals surface area (Å²) in [5.41, 5.74) is 0.790. The average Bonchev–Trinajstić information content (AvgIpc) is 2.35. The minimum Gasteiger partial charge on any atom is -0.477 e. The molecule has 0 aliphatic carbocycles. The molecule has 0 aromatic carbocycles. The molecule has 1 N–H and O–H groups in total. The van der Waals surface area contributed by atoms with Crippen molar-refractivity contribution in [3.8, 4) is 6.07 Å². The summed E-state index contributed by atoms with van der Waals surface area (Å²) >= 11 is 2.60. The van der Waals surface area contributed by atoms with Gasteiger partial charge in [0.1, 0.15) is 6.07 Å². The summed E-state index contributed by atoms with van der Waals surface area (Å²) in [6, 6.07) is 5.44. The van der Waals surface area contributed by atoms with Crippen LogP contribution in [-0.4, -0.2) is 22.3 Å². The van der Waals surface area contributed by atoms with Crippen LogP contribution in [0.4, 0.5) is 0 Å². The molecular formula is C11H10N2O2S2. The minimum absolute atomic E-state index is 0.202. The normalized spacial score (nSPS) is 11.5. The molecule has 0 aliphatic rings. The van der Waals surface area contributed by atoms with Crippen LogP contribution >= 0.6 is 23.5 Å². The Bertz CT molecular complexity index is 466. The molecule has 0 fully saturated rings. The summed E-state index contributed by atoms with van der Waals surface area (Å²) < 4.78 is 0.517. The van der Waals surface area contributed by atoms with Gasteiger partial charge >= 0.3 is 5.97 Å². The van der Waals surface area contributed by atoms with Gasteiger partial charge in [-0.3, -0.25) is 4.98 Å². The molecule has 0 unspecified atom stereocenters. The molecule has 1 aromatic heterocycles. The van der Waals surface area contributed by atoms with E-state index in [1.807, 2.05) is 12.1 Å². The highest BCUT2D eigenvalue weighted by Crippen LogP contribution is 2.32. The van der Waals surface area contributed by atoms with Crippen molar-refractivity contribution < 1.29 is 9.90 Å². The monoisotopic (exact) mass is 266 g/mol. The van der Waals surface area contributed by atoms with Gasteiger partial charge in [-0.05, 0) is 17.9 Å². The zero-order valence-corrected chi connectivity index (χ0v) is 10.7. The van der Waals surface area contributed by atoms with Crippen molar-refractivity contribution in [2.75, 3.05) is 6.26 Å². The predicted molar refractivity (Wildman–Crippen MR) is 69.3 cm³/mol. The zero-order chi connectivity index (χ0) is 12.7. The number of nitrogens with zero attached hydrogens (tertiary/aromatic N) is 2. The predicted octanol–water partition coefficient (Wildman–Crippen LogP) is 2.50. The van der Waals surface area contributed by atoms with Gasteiger partial charge in [0.25, 0.3) is 0 Å². The minimum atomic E-state index is -1.18. The van der Waals surface area contributed by atoms with E-state index in [2.05, 4.69) is 4.98 Å². The largest absolute Gasteiger partial charge is 0.477 e. The van der Waals surface area contributed by atoms with Crippen molar-refractivity contribution in [1.82, 2.24) is 4.98 Å². The van der Waals surface area contributed by atoms with Gasteiger partial charge in [-0.1, -0.05) is 6.07 Å². The van der Waals surface area contributed by atoms with Crippen LogP contribution in [0.3, 0.4) is 0 Å². The van der Waals surface area contributed by atoms with Crippen molar-refractivity contribution in [1.29, 1.82) is 5.26 Å². The molecule has 1 aromatic rings. The van der Waals surface area contributed by atoms with Gasteiger partial charge in [-0.2, -0.15) is 5.26 Å². The summed E-state index contributed by atoms with van der Waals surface area (Å²) in [5.74, 6) is -0.585. The third-order valence-corrected chi connectivity index (χ3v) is 4.18. The van der Waals surface area contributed by atoms with E-state index in [1.165, 1.54) is 23.5 Å². The molecule has 1 heterocycles. The molecular weight excluding hydrogens is 256 g/mol. The van der Waals surface area contributed by atoms with Crippen molar-refractivity contribution in [3.05, 3.63) is 39.9 Å². The highest BCUT2D eigenvalue weighted by Gasteiger charge is 2.14. The molecule has 88 valence electrons. The second-order valence-electron chi connectivity index (χ2n) is 2.93. The lowest BCUT2D eigenvalue weighted by atomic mass is 10.3. The van der Waals surface area contributed by atoms with Crippen molar-refractivity contribution >= 4 is 29.5 Å². The number of aromatic nitrogens is 1. The first kappa shape index (κ1) is 13.6. The number of hydrogen-bond acceptors (Lipinski definition) is 5. The van der Waals surface area contributed by atoms with Gasteiger partial charge < -0.3 is 5.11 Å². The fourth-order valence-electron chi connectivity index (χ4n) is 1.05. The van der Waals surface area contributed by atoms with Crippen molar-refractivity contribution in [2.45, 2.75) is 5.75 Å². The first-order valence-electron chi connectivity index (χ1n) is 4.62. The molecule has 0 saturated heterocycles. The van der Waals surface area contributed by atoms with Gasteiger partial charge in [0.2, 0.25) is 0 Å². The molecule has 4 nitrogen and oxygen atoms in total. The maximum Gasteiger partial charge on any atom is 0.348 e. The maximum absolute atomic E-state index is 10.8. The highest BCUT2D eigenvalue weighted by atomic mass is 32.2. The number of hydrogen-bond donors (Lipinski definition) is 1. The Labute approximate surface area is 108 Å². The van der Waals surface area contributed by atoms with Crippen LogP contribution in [0.25, 0.3) is 0 Å². The summed E-state index contributed by atoms with van der Waals surface area (Å²) in [5, 5.41) is 17.6. The van der Waals surface area contributed by atoms with Crippen LogP contribution in [-0.2, 0) is 10.5 Å². The van der Waals surface area contributed by atoms with E-state index < -0.39 is 5.97 Å². The van der Waals surface area contributed by atoms with Gasteiger partial charge in [0, 0.05) is 18.1 Å². The molecule has 0 atom stereocenters. The van der Waals surface area contributed by atoms with E-state index >= 15 is 0 Å². The van der Waals surface area contributed by atoms with Gasteiger partial charge in [-0.25, -0.2) is 4.79 Å². The number of nitriles is 1. The number of rotatable bonds is 5. The molecule has 0 radical (unpaired) electrons. The number of carboxylic acid groups (broad SMARTS) is 1. The lowest BCUT2D eigenvalue weighted by Crippen LogP contribution is -2.00. The molecule has 0 amide bonds. The Morgan fingerprint density at radius 2 is 2.41 bits per heavy atom. The van der Waals surface area contributed by atoms with E-state index in [0.717, 1.165) is 5.56 Å². The number of aliphatic carboxylic acids is 1. The van der Waals surface area contributed by atoms with Crippen LogP contribution in [0.15, 0.2) is 34.3 Å². The van der Waals surface area contributed by atoms with Crippen LogP contribution in [0.5, 0.6) is 0 Å². The fraction of sp³-hybridized carbons (Fsp3) is 0.182. The van der Waals surface area contributed by atoms with E-state index in [4.69, 9.17) is 10.4 Å². The van der Waals surface area contributed by atoms with E-state index in [-0.39, 0.29) is 5.57 Å². The highest BCUT2D eigenvalue weighted by molar-refractivity contribution is 8.21. The topological polar surface area (TPSA) is 74.0 Å². The second kappa shape index (κ2) is 6.99. The zero-order valence-electron chi connectivity index (χ0n) is 9.08. The molecule has 6 heteroatoms. The van der Waals surface area contributed by atoms with Crippen LogP contribution < -0.4 is 0 Å². The number of carbonyl (C=O) groups is 1. The van der Waals surface area contributed by atoms with E-state index in [0.29, 0.717) is 9.99 Å². The quantitative estimate of drug-likeness (QED) is 0.652. The third-order valence-electron chi connectivity index (χ3n) is 1.81. The summed E-state index contributed by atoms with van der Waals surface area (Å²) in [6.07, 6.45) is 5.15. The Hall–Kier alpha value is -1.45. The third kappa shape index (κ3) is 4.13. The fourth-order valence-corrected chi connectivity index (χ4v) is 2.78. The molecule has 0 spiro atoms. The van der Waals surface area contributed by atoms with Gasteiger partial charge in [0.15, 0.2) is 5.57 Å². The van der Waals surface area contributed by atoms with Gasteiger partial charge in [-0.15, -0.1) is 23.5 Å². The molecule has 1 rings (SSSR count). The first-order chi connectivity index (χ1) is 8.19. The Balaban J connectivity index is 2.78. The number of thioether (sulfide) groups is 2. The van der Waals surface area contributed by atoms with Crippen molar-refractivity contribution in [2.24, 2.45) is 0 Å². The molecule has 0 aliphatic heterocycles. The molecule has 0 saturated carbocycles. The van der Waals surface area contributed by atoms with Crippen molar-refractivity contribution in [3.63, 3.8) is 0 Å². The second-order valence-corrected chi connectivity index (χ2v) is 4.99. The number of carboxylic acids is 1. The average molecular weight is 266 g/mol. The van der Waals surface area contributed by atoms with E-state index in [1.54, 1.807) is 24.7 Å². The standard InChI is InChI=1S/C11H10N2O2S2/c1-16-11(9(5-12)10(14)15)17-7-8-3-2-4-13-6-8/h2-4,6H,7H2,1H3,(H,14,15)/b11-9-. The first-order valence-corrected chi connectivity index (χ1v) is 6.83. The smallest absolute Gasteiger partial charge is 0.348 e. The van der Waals surface area contributed by atoms with Crippen LogP contribution in [0.2, 0.25) is 0 Å². The van der Waals surface area contributed by atoms with Gasteiger partial charge in [0.05, 0.1) is 4.24 Å². The molecule has 17 heavy (non-hydrogen) atoms. The lowest BCUT2D eigenvalue weighted by Gasteiger charge is -2.04. The summed E-state index contributed by atoms with van der Waals surface area (Å²) in [6.45, 7) is 0. The van der Waals surface area contributed by atoms with E-state index in [9.17, 15) is 4.79 Å². The Morgan fingerprint density at radius 1 is 1.65 bits per heavy atom.